The summed E-state index contributed by atoms with van der Waals surface area (Å²) in [7, 11) is 0. The first-order valence-corrected chi connectivity index (χ1v) is 9.79. The van der Waals surface area contributed by atoms with Gasteiger partial charge in [0.2, 0.25) is 5.91 Å². The van der Waals surface area contributed by atoms with Gasteiger partial charge in [0.1, 0.15) is 0 Å². The molecule has 8 heteroatoms. The van der Waals surface area contributed by atoms with E-state index in [2.05, 4.69) is 0 Å². The Kier molecular flexibility index (Phi) is 7.89. The van der Waals surface area contributed by atoms with E-state index < -0.39 is 22.7 Å². The number of hydrogen-bond acceptors (Lipinski definition) is 3. The standard InChI is InChI=1S/C22H23ClF3NO3/c1-4-27(14(2)28)13-17-7-5-6-8-19(17)18-11-16(9-10-30-15(3)29)21(20(23)12-18)22(24,25)26/h5-8,11-12H,4,9-10,13H2,1-3H3. The number of esters is 1. The van der Waals surface area contributed by atoms with Gasteiger partial charge in [-0.1, -0.05) is 41.9 Å². The monoisotopic (exact) mass is 441 g/mol. The number of rotatable bonds is 7. The molecule has 2 aromatic carbocycles. The van der Waals surface area contributed by atoms with Crippen LogP contribution in [-0.4, -0.2) is 29.9 Å². The van der Waals surface area contributed by atoms with Gasteiger partial charge in [-0.2, -0.15) is 13.2 Å². The van der Waals surface area contributed by atoms with Crippen molar-refractivity contribution >= 4 is 23.5 Å². The maximum atomic E-state index is 13.6. The second-order valence-corrected chi connectivity index (χ2v) is 7.18. The summed E-state index contributed by atoms with van der Waals surface area (Å²) in [4.78, 5) is 24.4. The van der Waals surface area contributed by atoms with Crippen LogP contribution < -0.4 is 0 Å². The lowest BCUT2D eigenvalue weighted by atomic mass is 9.94. The first-order chi connectivity index (χ1) is 14.0. The average Bonchev–Trinajstić information content (AvgIpc) is 2.64. The number of alkyl halides is 3. The van der Waals surface area contributed by atoms with E-state index in [1.54, 1.807) is 23.1 Å². The minimum atomic E-state index is -4.64. The maximum absolute atomic E-state index is 13.6. The van der Waals surface area contributed by atoms with Gasteiger partial charge in [0.25, 0.3) is 0 Å². The average molecular weight is 442 g/mol. The summed E-state index contributed by atoms with van der Waals surface area (Å²) in [5, 5.41) is -0.424. The van der Waals surface area contributed by atoms with E-state index in [1.807, 2.05) is 13.0 Å². The normalized spacial score (nSPS) is 11.3. The van der Waals surface area contributed by atoms with Crippen molar-refractivity contribution in [1.82, 2.24) is 4.90 Å². The molecule has 1 amide bonds. The smallest absolute Gasteiger partial charge is 0.418 e. The van der Waals surface area contributed by atoms with Gasteiger partial charge in [0.05, 0.1) is 17.2 Å². The molecule has 0 bridgehead atoms. The van der Waals surface area contributed by atoms with Gasteiger partial charge in [-0.3, -0.25) is 9.59 Å². The van der Waals surface area contributed by atoms with Gasteiger partial charge in [-0.05, 0) is 35.2 Å². The Hall–Kier alpha value is -2.54. The van der Waals surface area contributed by atoms with Crippen LogP contribution in [0.1, 0.15) is 37.5 Å². The molecule has 0 fully saturated rings. The molecule has 0 N–H and O–H groups in total. The molecule has 162 valence electrons. The fourth-order valence-corrected chi connectivity index (χ4v) is 3.58. The van der Waals surface area contributed by atoms with Gasteiger partial charge < -0.3 is 9.64 Å². The summed E-state index contributed by atoms with van der Waals surface area (Å²) in [5.74, 6) is -0.667. The number of hydrogen-bond donors (Lipinski definition) is 0. The summed E-state index contributed by atoms with van der Waals surface area (Å²) in [5.41, 5.74) is 0.982. The molecule has 0 aliphatic heterocycles. The largest absolute Gasteiger partial charge is 0.466 e. The molecule has 0 aliphatic rings. The number of amides is 1. The molecule has 0 saturated heterocycles. The van der Waals surface area contributed by atoms with Crippen LogP contribution in [0.25, 0.3) is 11.1 Å². The van der Waals surface area contributed by atoms with E-state index in [9.17, 15) is 22.8 Å². The molecule has 4 nitrogen and oxygen atoms in total. The summed E-state index contributed by atoms with van der Waals surface area (Å²) in [6.07, 6.45) is -4.77. The highest BCUT2D eigenvalue weighted by Crippen LogP contribution is 2.40. The summed E-state index contributed by atoms with van der Waals surface area (Å²) >= 11 is 6.05. The number of benzene rings is 2. The molecule has 0 aromatic heterocycles. The van der Waals surface area contributed by atoms with Crippen molar-refractivity contribution in [2.75, 3.05) is 13.2 Å². The Labute approximate surface area is 178 Å². The van der Waals surface area contributed by atoms with Gasteiger partial charge in [0, 0.05) is 33.4 Å². The van der Waals surface area contributed by atoms with Crippen LogP contribution in [-0.2, 0) is 33.5 Å². The zero-order chi connectivity index (χ0) is 22.5. The SMILES string of the molecule is CCN(Cc1ccccc1-c1cc(Cl)c(C(F)(F)F)c(CCOC(C)=O)c1)C(C)=O. The van der Waals surface area contributed by atoms with Gasteiger partial charge in [-0.25, -0.2) is 0 Å². The summed E-state index contributed by atoms with van der Waals surface area (Å²) in [6.45, 7) is 5.15. The van der Waals surface area contributed by atoms with Gasteiger partial charge >= 0.3 is 12.1 Å². The highest BCUT2D eigenvalue weighted by molar-refractivity contribution is 6.31. The van der Waals surface area contributed by atoms with Crippen molar-refractivity contribution in [3.8, 4) is 11.1 Å². The van der Waals surface area contributed by atoms with E-state index in [1.165, 1.54) is 26.0 Å². The van der Waals surface area contributed by atoms with Crippen LogP contribution in [0.5, 0.6) is 0 Å². The maximum Gasteiger partial charge on any atom is 0.418 e. The van der Waals surface area contributed by atoms with E-state index in [0.29, 0.717) is 24.2 Å². The lowest BCUT2D eigenvalue weighted by molar-refractivity contribution is -0.141. The van der Waals surface area contributed by atoms with Crippen molar-refractivity contribution in [2.45, 2.75) is 39.9 Å². The minimum Gasteiger partial charge on any atom is -0.466 e. The number of nitrogens with zero attached hydrogens (tertiary/aromatic N) is 1. The fourth-order valence-electron chi connectivity index (χ4n) is 3.23. The molecule has 0 atom stereocenters. The highest BCUT2D eigenvalue weighted by atomic mass is 35.5. The number of carbonyl (C=O) groups is 2. The molecule has 0 radical (unpaired) electrons. The minimum absolute atomic E-state index is 0.0556. The van der Waals surface area contributed by atoms with Crippen LogP contribution in [0.3, 0.4) is 0 Å². The van der Waals surface area contributed by atoms with Gasteiger partial charge in [0.15, 0.2) is 0 Å². The third-order valence-corrected chi connectivity index (χ3v) is 4.95. The zero-order valence-corrected chi connectivity index (χ0v) is 17.7. The number of ether oxygens (including phenoxy) is 1. The Morgan fingerprint density at radius 1 is 1.10 bits per heavy atom. The van der Waals surface area contributed by atoms with Crippen LogP contribution >= 0.6 is 11.6 Å². The van der Waals surface area contributed by atoms with E-state index in [-0.39, 0.29) is 24.5 Å². The first kappa shape index (κ1) is 23.7. The highest BCUT2D eigenvalue weighted by Gasteiger charge is 2.36. The predicted octanol–water partition coefficient (Wildman–Crippen LogP) is 5.50. The Balaban J connectivity index is 2.54. The quantitative estimate of drug-likeness (QED) is 0.533. The first-order valence-electron chi connectivity index (χ1n) is 9.41. The Morgan fingerprint density at radius 2 is 1.77 bits per heavy atom. The predicted molar refractivity (Wildman–Crippen MR) is 109 cm³/mol. The third-order valence-electron chi connectivity index (χ3n) is 4.65. The molecule has 0 spiro atoms. The molecule has 0 aliphatic carbocycles. The van der Waals surface area contributed by atoms with Crippen molar-refractivity contribution < 1.29 is 27.5 Å². The van der Waals surface area contributed by atoms with E-state index in [0.717, 1.165) is 5.56 Å². The molecule has 0 heterocycles. The fraction of sp³-hybridized carbons (Fsp3) is 0.364. The number of carbonyl (C=O) groups excluding carboxylic acids is 2. The van der Waals surface area contributed by atoms with Crippen molar-refractivity contribution in [2.24, 2.45) is 0 Å². The molecule has 2 rings (SSSR count). The van der Waals surface area contributed by atoms with Crippen LogP contribution in [0.2, 0.25) is 5.02 Å². The van der Waals surface area contributed by atoms with Gasteiger partial charge in [-0.15, -0.1) is 0 Å². The molecule has 2 aromatic rings. The van der Waals surface area contributed by atoms with Crippen LogP contribution in [0.4, 0.5) is 13.2 Å². The van der Waals surface area contributed by atoms with Crippen LogP contribution in [0.15, 0.2) is 36.4 Å². The lowest BCUT2D eigenvalue weighted by Gasteiger charge is -2.22. The Bertz CT molecular complexity index is 928. The summed E-state index contributed by atoms with van der Waals surface area (Å²) < 4.78 is 45.6. The lowest BCUT2D eigenvalue weighted by Crippen LogP contribution is -2.27. The van der Waals surface area contributed by atoms with Crippen molar-refractivity contribution in [3.05, 3.63) is 58.1 Å². The zero-order valence-electron chi connectivity index (χ0n) is 17.0. The topological polar surface area (TPSA) is 46.6 Å². The Morgan fingerprint density at radius 3 is 2.33 bits per heavy atom. The van der Waals surface area contributed by atoms with E-state index in [4.69, 9.17) is 16.3 Å². The van der Waals surface area contributed by atoms with Crippen molar-refractivity contribution in [1.29, 1.82) is 0 Å². The van der Waals surface area contributed by atoms with Crippen molar-refractivity contribution in [3.63, 3.8) is 0 Å². The van der Waals surface area contributed by atoms with Crippen LogP contribution in [0, 0.1) is 0 Å². The number of halogens is 4. The second kappa shape index (κ2) is 9.98. The molecular formula is C22H23ClF3NO3. The van der Waals surface area contributed by atoms with E-state index >= 15 is 0 Å². The second-order valence-electron chi connectivity index (χ2n) is 6.77. The third kappa shape index (κ3) is 5.98. The molecule has 0 unspecified atom stereocenters. The molecular weight excluding hydrogens is 419 g/mol. The molecule has 0 saturated carbocycles. The molecule has 30 heavy (non-hydrogen) atoms. The summed E-state index contributed by atoms with van der Waals surface area (Å²) in [6, 6.07) is 9.87.